The van der Waals surface area contributed by atoms with Crippen LogP contribution in [0.25, 0.3) is 11.0 Å². The maximum absolute atomic E-state index is 4.74. The Bertz CT molecular complexity index is 621. The van der Waals surface area contributed by atoms with E-state index in [0.29, 0.717) is 0 Å². The minimum atomic E-state index is 0.809. The van der Waals surface area contributed by atoms with Crippen LogP contribution in [0.3, 0.4) is 0 Å². The summed E-state index contributed by atoms with van der Waals surface area (Å²) in [4.78, 5) is 10.9. The number of nitrogens with one attached hydrogen (secondary N) is 1. The number of rotatable bonds is 2. The van der Waals surface area contributed by atoms with E-state index in [4.69, 9.17) is 4.98 Å². The summed E-state index contributed by atoms with van der Waals surface area (Å²) < 4.78 is 1.11. The number of H-pyrrole nitrogens is 1. The van der Waals surface area contributed by atoms with Gasteiger partial charge in [-0.05, 0) is 49.9 Å². The zero-order valence-corrected chi connectivity index (χ0v) is 13.2. The molecule has 0 radical (unpaired) electrons. The standard InChI is InChI=1S/C16H20BrN3/c17-12-5-6-13-14(9-12)19-16(18-13)10-20-8-7-11-3-1-2-4-15(11)20/h5-6,9,11,15H,1-4,7-8,10H2,(H,18,19). The van der Waals surface area contributed by atoms with Gasteiger partial charge >= 0.3 is 0 Å². The van der Waals surface area contributed by atoms with Gasteiger partial charge in [-0.3, -0.25) is 4.90 Å². The van der Waals surface area contributed by atoms with Crippen molar-refractivity contribution >= 4 is 27.0 Å². The van der Waals surface area contributed by atoms with E-state index >= 15 is 0 Å². The third-order valence-electron chi connectivity index (χ3n) is 4.97. The van der Waals surface area contributed by atoms with E-state index in [1.54, 1.807) is 0 Å². The van der Waals surface area contributed by atoms with E-state index in [-0.39, 0.29) is 0 Å². The molecule has 0 spiro atoms. The Hall–Kier alpha value is -0.870. The predicted molar refractivity (Wildman–Crippen MR) is 84.6 cm³/mol. The summed E-state index contributed by atoms with van der Waals surface area (Å²) in [5.74, 6) is 2.06. The molecule has 1 aromatic heterocycles. The van der Waals surface area contributed by atoms with Crippen molar-refractivity contribution in [2.75, 3.05) is 6.54 Å². The molecule has 20 heavy (non-hydrogen) atoms. The molecule has 1 N–H and O–H groups in total. The average Bonchev–Trinajstić information content (AvgIpc) is 3.03. The Kier molecular flexibility index (Phi) is 3.31. The van der Waals surface area contributed by atoms with Crippen LogP contribution in [0.15, 0.2) is 22.7 Å². The monoisotopic (exact) mass is 333 g/mol. The van der Waals surface area contributed by atoms with Gasteiger partial charge in [0, 0.05) is 10.5 Å². The Morgan fingerprint density at radius 1 is 1.25 bits per heavy atom. The number of aromatic amines is 1. The van der Waals surface area contributed by atoms with Gasteiger partial charge in [0.2, 0.25) is 0 Å². The van der Waals surface area contributed by atoms with Crippen molar-refractivity contribution in [2.24, 2.45) is 5.92 Å². The van der Waals surface area contributed by atoms with Crippen molar-refractivity contribution in [1.29, 1.82) is 0 Å². The van der Waals surface area contributed by atoms with E-state index in [1.807, 2.05) is 0 Å². The SMILES string of the molecule is Brc1ccc2nc(CN3CCC4CCCCC43)[nH]c2c1. The molecule has 3 nitrogen and oxygen atoms in total. The minimum absolute atomic E-state index is 0.809. The summed E-state index contributed by atoms with van der Waals surface area (Å²) in [6, 6.07) is 7.05. The van der Waals surface area contributed by atoms with Crippen LogP contribution in [0, 0.1) is 5.92 Å². The Morgan fingerprint density at radius 2 is 2.15 bits per heavy atom. The lowest BCUT2D eigenvalue weighted by Crippen LogP contribution is -2.34. The highest BCUT2D eigenvalue weighted by Gasteiger charge is 2.35. The van der Waals surface area contributed by atoms with Gasteiger partial charge in [0.05, 0.1) is 17.6 Å². The Morgan fingerprint density at radius 3 is 3.10 bits per heavy atom. The lowest BCUT2D eigenvalue weighted by molar-refractivity contribution is 0.173. The largest absolute Gasteiger partial charge is 0.341 e. The van der Waals surface area contributed by atoms with Gasteiger partial charge in [0.25, 0.3) is 0 Å². The van der Waals surface area contributed by atoms with Crippen molar-refractivity contribution in [3.63, 3.8) is 0 Å². The fraction of sp³-hybridized carbons (Fsp3) is 0.562. The van der Waals surface area contributed by atoms with Crippen LogP contribution in [0.5, 0.6) is 0 Å². The topological polar surface area (TPSA) is 31.9 Å². The molecule has 4 heteroatoms. The van der Waals surface area contributed by atoms with Gasteiger partial charge in [-0.1, -0.05) is 28.8 Å². The fourth-order valence-electron chi connectivity index (χ4n) is 4.00. The third kappa shape index (κ3) is 2.29. The number of imidazole rings is 1. The highest BCUT2D eigenvalue weighted by Crippen LogP contribution is 2.36. The molecule has 2 unspecified atom stereocenters. The van der Waals surface area contributed by atoms with Crippen molar-refractivity contribution in [3.05, 3.63) is 28.5 Å². The summed E-state index contributed by atoms with van der Waals surface area (Å²) in [6.07, 6.45) is 7.06. The molecular formula is C16H20BrN3. The summed E-state index contributed by atoms with van der Waals surface area (Å²) >= 11 is 3.52. The number of aromatic nitrogens is 2. The highest BCUT2D eigenvalue weighted by molar-refractivity contribution is 9.10. The van der Waals surface area contributed by atoms with Gasteiger partial charge in [0.15, 0.2) is 0 Å². The van der Waals surface area contributed by atoms with E-state index in [1.165, 1.54) is 38.6 Å². The molecule has 2 aromatic rings. The van der Waals surface area contributed by atoms with E-state index in [2.05, 4.69) is 44.0 Å². The fourth-order valence-corrected chi connectivity index (χ4v) is 4.36. The van der Waals surface area contributed by atoms with Gasteiger partial charge in [-0.15, -0.1) is 0 Å². The highest BCUT2D eigenvalue weighted by atomic mass is 79.9. The first kappa shape index (κ1) is 12.8. The van der Waals surface area contributed by atoms with Crippen LogP contribution in [0.2, 0.25) is 0 Å². The number of hydrogen-bond acceptors (Lipinski definition) is 2. The Labute approximate surface area is 127 Å². The lowest BCUT2D eigenvalue weighted by atomic mass is 9.85. The van der Waals surface area contributed by atoms with Crippen LogP contribution in [0.4, 0.5) is 0 Å². The molecule has 1 aliphatic heterocycles. The van der Waals surface area contributed by atoms with Gasteiger partial charge in [0.1, 0.15) is 5.82 Å². The first-order valence-corrected chi connectivity index (χ1v) is 8.47. The lowest BCUT2D eigenvalue weighted by Gasteiger charge is -2.31. The predicted octanol–water partition coefficient (Wildman–Crippen LogP) is 4.09. The molecule has 1 saturated heterocycles. The van der Waals surface area contributed by atoms with Gasteiger partial charge < -0.3 is 4.98 Å². The number of fused-ring (bicyclic) bond motifs is 2. The average molecular weight is 334 g/mol. The van der Waals surface area contributed by atoms with Crippen molar-refractivity contribution in [3.8, 4) is 0 Å². The molecule has 2 heterocycles. The maximum Gasteiger partial charge on any atom is 0.121 e. The molecule has 0 bridgehead atoms. The normalized spacial score (nSPS) is 27.1. The summed E-state index contributed by atoms with van der Waals surface area (Å²) in [7, 11) is 0. The van der Waals surface area contributed by atoms with Crippen molar-refractivity contribution in [1.82, 2.24) is 14.9 Å². The van der Waals surface area contributed by atoms with Crippen molar-refractivity contribution in [2.45, 2.75) is 44.7 Å². The van der Waals surface area contributed by atoms with E-state index in [9.17, 15) is 0 Å². The minimum Gasteiger partial charge on any atom is -0.341 e. The van der Waals surface area contributed by atoms with E-state index in [0.717, 1.165) is 39.8 Å². The molecule has 4 rings (SSSR count). The number of nitrogens with zero attached hydrogens (tertiary/aromatic N) is 2. The van der Waals surface area contributed by atoms with Crippen LogP contribution in [0.1, 0.15) is 37.9 Å². The molecular weight excluding hydrogens is 314 g/mol. The zero-order valence-electron chi connectivity index (χ0n) is 11.6. The molecule has 0 amide bonds. The summed E-state index contributed by atoms with van der Waals surface area (Å²) in [5.41, 5.74) is 2.20. The van der Waals surface area contributed by atoms with Crippen LogP contribution >= 0.6 is 15.9 Å². The van der Waals surface area contributed by atoms with Crippen molar-refractivity contribution < 1.29 is 0 Å². The number of likely N-dealkylation sites (tertiary alicyclic amines) is 1. The number of hydrogen-bond donors (Lipinski definition) is 1. The molecule has 1 saturated carbocycles. The Balaban J connectivity index is 1.55. The maximum atomic E-state index is 4.74. The molecule has 2 atom stereocenters. The summed E-state index contributed by atoms with van der Waals surface area (Å²) in [5, 5.41) is 0. The molecule has 106 valence electrons. The zero-order chi connectivity index (χ0) is 13.5. The van der Waals surface area contributed by atoms with Gasteiger partial charge in [-0.2, -0.15) is 0 Å². The first-order chi connectivity index (χ1) is 9.79. The number of benzene rings is 1. The summed E-state index contributed by atoms with van der Waals surface area (Å²) in [6.45, 7) is 2.23. The molecule has 2 aliphatic rings. The van der Waals surface area contributed by atoms with E-state index < -0.39 is 0 Å². The second-order valence-electron chi connectivity index (χ2n) is 6.22. The quantitative estimate of drug-likeness (QED) is 0.897. The van der Waals surface area contributed by atoms with Crippen LogP contribution < -0.4 is 0 Å². The third-order valence-corrected chi connectivity index (χ3v) is 5.46. The number of halogens is 1. The second-order valence-corrected chi connectivity index (χ2v) is 7.13. The van der Waals surface area contributed by atoms with Crippen LogP contribution in [-0.4, -0.2) is 27.5 Å². The first-order valence-electron chi connectivity index (χ1n) is 7.68. The smallest absolute Gasteiger partial charge is 0.121 e. The molecule has 1 aliphatic carbocycles. The molecule has 2 fully saturated rings. The van der Waals surface area contributed by atoms with Crippen LogP contribution in [-0.2, 0) is 6.54 Å². The van der Waals surface area contributed by atoms with Gasteiger partial charge in [-0.25, -0.2) is 4.98 Å². The second kappa shape index (κ2) is 5.15. The molecule has 1 aromatic carbocycles.